The molecule has 0 unspecified atom stereocenters. The van der Waals surface area contributed by atoms with Crippen molar-refractivity contribution in [2.24, 2.45) is 5.73 Å². The number of primary amides is 1. The molecule has 0 saturated heterocycles. The molecular formula is C12H12F2N2O4S. The molecule has 0 radical (unpaired) electrons. The Hall–Kier alpha value is -2.16. The van der Waals surface area contributed by atoms with Crippen molar-refractivity contribution in [3.63, 3.8) is 0 Å². The van der Waals surface area contributed by atoms with Gasteiger partial charge in [-0.3, -0.25) is 9.59 Å². The van der Waals surface area contributed by atoms with E-state index < -0.39 is 30.1 Å². The van der Waals surface area contributed by atoms with Crippen LogP contribution in [-0.4, -0.2) is 36.7 Å². The molecule has 0 atom stereocenters. The van der Waals surface area contributed by atoms with Gasteiger partial charge in [0.2, 0.25) is 5.91 Å². The lowest BCUT2D eigenvalue weighted by molar-refractivity contribution is -0.127. The van der Waals surface area contributed by atoms with Crippen molar-refractivity contribution in [1.82, 2.24) is 5.32 Å². The van der Waals surface area contributed by atoms with Gasteiger partial charge in [-0.2, -0.15) is 8.78 Å². The van der Waals surface area contributed by atoms with Gasteiger partial charge in [0.25, 0.3) is 11.7 Å². The van der Waals surface area contributed by atoms with Gasteiger partial charge in [-0.1, -0.05) is 23.9 Å². The van der Waals surface area contributed by atoms with Gasteiger partial charge in [-0.05, 0) is 12.1 Å². The van der Waals surface area contributed by atoms with Crippen molar-refractivity contribution in [3.05, 3.63) is 29.8 Å². The lowest BCUT2D eigenvalue weighted by atomic mass is 10.2. The van der Waals surface area contributed by atoms with Crippen LogP contribution in [0.25, 0.3) is 0 Å². The number of benzene rings is 1. The van der Waals surface area contributed by atoms with Crippen LogP contribution in [0.3, 0.4) is 0 Å². The highest BCUT2D eigenvalue weighted by atomic mass is 32.2. The molecule has 0 aliphatic heterocycles. The van der Waals surface area contributed by atoms with E-state index in [9.17, 15) is 23.2 Å². The van der Waals surface area contributed by atoms with E-state index in [0.717, 1.165) is 0 Å². The van der Waals surface area contributed by atoms with Crippen LogP contribution in [0, 0.1) is 0 Å². The highest BCUT2D eigenvalue weighted by molar-refractivity contribution is 7.99. The number of nitrogens with one attached hydrogen (secondary N) is 1. The molecule has 21 heavy (non-hydrogen) atoms. The first kappa shape index (κ1) is 16.9. The summed E-state index contributed by atoms with van der Waals surface area (Å²) < 4.78 is 29.4. The summed E-state index contributed by atoms with van der Waals surface area (Å²) in [5.74, 6) is -5.06. The molecule has 9 heteroatoms. The minimum atomic E-state index is -2.68. The maximum atomic E-state index is 12.4. The van der Waals surface area contributed by atoms with Crippen LogP contribution in [-0.2, 0) is 14.3 Å². The van der Waals surface area contributed by atoms with Gasteiger partial charge in [-0.15, -0.1) is 0 Å². The maximum Gasteiger partial charge on any atom is 0.339 e. The van der Waals surface area contributed by atoms with E-state index in [2.05, 4.69) is 10.1 Å². The van der Waals surface area contributed by atoms with Crippen molar-refractivity contribution in [2.75, 3.05) is 13.2 Å². The molecule has 0 aliphatic carbocycles. The minimum absolute atomic E-state index is 0.0510. The van der Waals surface area contributed by atoms with Crippen LogP contribution in [0.1, 0.15) is 10.4 Å². The first-order valence-electron chi connectivity index (χ1n) is 5.66. The second-order valence-electron chi connectivity index (χ2n) is 3.69. The van der Waals surface area contributed by atoms with E-state index in [4.69, 9.17) is 5.73 Å². The molecule has 0 fully saturated rings. The first-order chi connectivity index (χ1) is 9.90. The van der Waals surface area contributed by atoms with Crippen LogP contribution < -0.4 is 11.1 Å². The molecule has 0 aliphatic rings. The largest absolute Gasteiger partial charge is 0.452 e. The average molecular weight is 318 g/mol. The van der Waals surface area contributed by atoms with Crippen LogP contribution in [0.15, 0.2) is 29.2 Å². The summed E-state index contributed by atoms with van der Waals surface area (Å²) in [6, 6.07) is 5.65. The summed E-state index contributed by atoms with van der Waals surface area (Å²) >= 11 is 0.206. The Balaban J connectivity index is 2.59. The van der Waals surface area contributed by atoms with Gasteiger partial charge in [0.05, 0.1) is 12.1 Å². The fourth-order valence-corrected chi connectivity index (χ4v) is 1.91. The third-order valence-corrected chi connectivity index (χ3v) is 2.91. The second kappa shape index (κ2) is 8.20. The van der Waals surface area contributed by atoms with Gasteiger partial charge >= 0.3 is 5.97 Å². The number of carbonyl (C=O) groups excluding carboxylic acids is 3. The van der Waals surface area contributed by atoms with Crippen molar-refractivity contribution in [1.29, 1.82) is 0 Å². The smallest absolute Gasteiger partial charge is 0.339 e. The molecule has 2 amide bonds. The topological polar surface area (TPSA) is 98.5 Å². The normalized spacial score (nSPS) is 10.2. The Labute approximate surface area is 123 Å². The zero-order chi connectivity index (χ0) is 15.8. The quantitative estimate of drug-likeness (QED) is 0.571. The molecular weight excluding hydrogens is 306 g/mol. The first-order valence-corrected chi connectivity index (χ1v) is 6.54. The fourth-order valence-electron chi connectivity index (χ4n) is 1.28. The van der Waals surface area contributed by atoms with E-state index in [-0.39, 0.29) is 28.8 Å². The number of carbonyl (C=O) groups is 3. The minimum Gasteiger partial charge on any atom is -0.452 e. The van der Waals surface area contributed by atoms with Gasteiger partial charge in [-0.25, -0.2) is 4.79 Å². The Kier molecular flexibility index (Phi) is 6.60. The molecule has 1 aromatic rings. The van der Waals surface area contributed by atoms with Crippen LogP contribution in [0.5, 0.6) is 0 Å². The standard InChI is InChI=1S/C12H12F2N2O4S/c13-12(14)21-8-4-2-1-3-7(8)11(19)20-6-10(18)16-5-9(15)17/h1-4,12H,5-6H2,(H2,15,17)(H,16,18). The van der Waals surface area contributed by atoms with Gasteiger partial charge in [0, 0.05) is 4.90 Å². The van der Waals surface area contributed by atoms with E-state index in [1.54, 1.807) is 0 Å². The van der Waals surface area contributed by atoms with Crippen LogP contribution in [0.2, 0.25) is 0 Å². The Morgan fingerprint density at radius 3 is 2.57 bits per heavy atom. The SMILES string of the molecule is NC(=O)CNC(=O)COC(=O)c1ccccc1SC(F)F. The molecule has 1 rings (SSSR count). The summed E-state index contributed by atoms with van der Waals surface area (Å²) in [5, 5.41) is 2.12. The van der Waals surface area contributed by atoms with Crippen LogP contribution in [0.4, 0.5) is 8.78 Å². The molecule has 6 nitrogen and oxygen atoms in total. The molecule has 0 spiro atoms. The van der Waals surface area contributed by atoms with Crippen LogP contribution >= 0.6 is 11.8 Å². The number of alkyl halides is 2. The second-order valence-corrected chi connectivity index (χ2v) is 4.73. The summed E-state index contributed by atoms with van der Waals surface area (Å²) in [7, 11) is 0. The predicted octanol–water partition coefficient (Wildman–Crippen LogP) is 0.760. The van der Waals surface area contributed by atoms with Crippen molar-refractivity contribution >= 4 is 29.5 Å². The molecule has 1 aromatic carbocycles. The maximum absolute atomic E-state index is 12.4. The number of halogens is 2. The monoisotopic (exact) mass is 318 g/mol. The van der Waals surface area contributed by atoms with E-state index in [1.807, 2.05) is 0 Å². The third kappa shape index (κ3) is 6.21. The zero-order valence-corrected chi connectivity index (χ0v) is 11.5. The number of hydrogen-bond donors (Lipinski definition) is 2. The van der Waals surface area contributed by atoms with Crippen molar-refractivity contribution < 1.29 is 27.9 Å². The Bertz CT molecular complexity index is 540. The highest BCUT2D eigenvalue weighted by Crippen LogP contribution is 2.28. The molecule has 0 saturated carbocycles. The third-order valence-electron chi connectivity index (χ3n) is 2.12. The average Bonchev–Trinajstić information content (AvgIpc) is 2.42. The lowest BCUT2D eigenvalue weighted by Gasteiger charge is -2.08. The van der Waals surface area contributed by atoms with Crippen molar-refractivity contribution in [3.8, 4) is 0 Å². The molecule has 114 valence electrons. The Morgan fingerprint density at radius 1 is 1.29 bits per heavy atom. The summed E-state index contributed by atoms with van der Waals surface area (Å²) in [4.78, 5) is 33.4. The fraction of sp³-hybridized carbons (Fsp3) is 0.250. The van der Waals surface area contributed by atoms with E-state index in [0.29, 0.717) is 0 Å². The number of rotatable bonds is 7. The number of thioether (sulfide) groups is 1. The van der Waals surface area contributed by atoms with Gasteiger partial charge < -0.3 is 15.8 Å². The predicted molar refractivity (Wildman–Crippen MR) is 70.8 cm³/mol. The number of amides is 2. The molecule has 3 N–H and O–H groups in total. The lowest BCUT2D eigenvalue weighted by Crippen LogP contribution is -2.36. The highest BCUT2D eigenvalue weighted by Gasteiger charge is 2.17. The molecule has 0 aromatic heterocycles. The number of ether oxygens (including phenoxy) is 1. The van der Waals surface area contributed by atoms with Crippen molar-refractivity contribution in [2.45, 2.75) is 10.7 Å². The van der Waals surface area contributed by atoms with E-state index in [1.165, 1.54) is 24.3 Å². The Morgan fingerprint density at radius 2 is 1.95 bits per heavy atom. The summed E-state index contributed by atoms with van der Waals surface area (Å²) in [5.41, 5.74) is 4.75. The summed E-state index contributed by atoms with van der Waals surface area (Å²) in [6.07, 6.45) is 0. The van der Waals surface area contributed by atoms with Gasteiger partial charge in [0.15, 0.2) is 6.61 Å². The molecule has 0 heterocycles. The zero-order valence-electron chi connectivity index (χ0n) is 10.7. The van der Waals surface area contributed by atoms with Gasteiger partial charge in [0.1, 0.15) is 0 Å². The summed E-state index contributed by atoms with van der Waals surface area (Å²) in [6.45, 7) is -1.02. The number of hydrogen-bond acceptors (Lipinski definition) is 5. The molecule has 0 bridgehead atoms. The number of nitrogens with two attached hydrogens (primary N) is 1. The van der Waals surface area contributed by atoms with E-state index >= 15 is 0 Å². The number of esters is 1.